The van der Waals surface area contributed by atoms with Gasteiger partial charge in [-0.25, -0.2) is 4.79 Å². The number of hydrogen-bond donors (Lipinski definition) is 1. The van der Waals surface area contributed by atoms with E-state index in [-0.39, 0.29) is 24.0 Å². The zero-order valence-corrected chi connectivity index (χ0v) is 16.6. The Hall–Kier alpha value is -2.24. The van der Waals surface area contributed by atoms with Gasteiger partial charge in [0.2, 0.25) is 5.91 Å². The summed E-state index contributed by atoms with van der Waals surface area (Å²) in [4.78, 5) is 28.0. The number of benzene rings is 1. The van der Waals surface area contributed by atoms with Gasteiger partial charge in [0.15, 0.2) is 0 Å². The maximum Gasteiger partial charge on any atom is 0.317 e. The highest BCUT2D eigenvalue weighted by molar-refractivity contribution is 5.78. The third-order valence-corrected chi connectivity index (χ3v) is 5.39. The van der Waals surface area contributed by atoms with E-state index in [0.29, 0.717) is 25.6 Å². The number of carbonyl (C=O) groups excluding carboxylic acids is 2. The van der Waals surface area contributed by atoms with E-state index in [1.165, 1.54) is 5.56 Å². The Kier molecular flexibility index (Phi) is 6.24. The standard InChI is InChI=1S/C21H31N3O3/c1-15(2)20(25)23-9-7-17(8-10-23)12-22-21(26)24-13-19(14-24)27-18-6-4-5-16(3)11-18/h4-6,11,15,17,19H,7-10,12-14H2,1-3H3,(H,22,26). The first-order valence-corrected chi connectivity index (χ1v) is 9.97. The van der Waals surface area contributed by atoms with Crippen LogP contribution in [0.3, 0.4) is 0 Å². The van der Waals surface area contributed by atoms with E-state index in [9.17, 15) is 9.59 Å². The molecule has 3 rings (SSSR count). The van der Waals surface area contributed by atoms with Gasteiger partial charge >= 0.3 is 6.03 Å². The van der Waals surface area contributed by atoms with E-state index in [2.05, 4.69) is 5.32 Å². The average Bonchev–Trinajstić information content (AvgIpc) is 2.62. The lowest BCUT2D eigenvalue weighted by molar-refractivity contribution is -0.135. The molecule has 0 aromatic heterocycles. The first-order chi connectivity index (χ1) is 12.9. The van der Waals surface area contributed by atoms with Crippen LogP contribution in [0.2, 0.25) is 0 Å². The van der Waals surface area contributed by atoms with Crippen molar-refractivity contribution < 1.29 is 14.3 Å². The fourth-order valence-electron chi connectivity index (χ4n) is 3.63. The lowest BCUT2D eigenvalue weighted by Gasteiger charge is -2.39. The van der Waals surface area contributed by atoms with Gasteiger partial charge in [0.25, 0.3) is 0 Å². The van der Waals surface area contributed by atoms with Gasteiger partial charge in [-0.15, -0.1) is 0 Å². The number of amides is 3. The molecule has 0 aliphatic carbocycles. The molecule has 3 amide bonds. The highest BCUT2D eigenvalue weighted by Crippen LogP contribution is 2.20. The highest BCUT2D eigenvalue weighted by atomic mass is 16.5. The molecule has 2 aliphatic rings. The molecule has 2 fully saturated rings. The summed E-state index contributed by atoms with van der Waals surface area (Å²) in [5.41, 5.74) is 1.17. The van der Waals surface area contributed by atoms with Gasteiger partial charge < -0.3 is 19.9 Å². The topological polar surface area (TPSA) is 61.9 Å². The number of ether oxygens (including phenoxy) is 1. The van der Waals surface area contributed by atoms with Crippen LogP contribution < -0.4 is 10.1 Å². The summed E-state index contributed by atoms with van der Waals surface area (Å²) in [6.07, 6.45) is 1.98. The van der Waals surface area contributed by atoms with Gasteiger partial charge in [-0.1, -0.05) is 26.0 Å². The quantitative estimate of drug-likeness (QED) is 0.863. The van der Waals surface area contributed by atoms with Gasteiger partial charge in [0.1, 0.15) is 11.9 Å². The number of hydrogen-bond acceptors (Lipinski definition) is 3. The minimum atomic E-state index is -0.0141. The van der Waals surface area contributed by atoms with Crippen LogP contribution in [0.15, 0.2) is 24.3 Å². The number of urea groups is 1. The third-order valence-electron chi connectivity index (χ3n) is 5.39. The Bertz CT molecular complexity index is 662. The molecule has 0 unspecified atom stereocenters. The fraction of sp³-hybridized carbons (Fsp3) is 0.619. The molecule has 6 heteroatoms. The van der Waals surface area contributed by atoms with Crippen molar-refractivity contribution in [3.05, 3.63) is 29.8 Å². The summed E-state index contributed by atoms with van der Waals surface area (Å²) in [5.74, 6) is 1.61. The van der Waals surface area contributed by atoms with Crippen LogP contribution >= 0.6 is 0 Å². The molecule has 1 aromatic carbocycles. The summed E-state index contributed by atoms with van der Waals surface area (Å²) in [6.45, 7) is 9.46. The Morgan fingerprint density at radius 1 is 1.19 bits per heavy atom. The van der Waals surface area contributed by atoms with Gasteiger partial charge in [0, 0.05) is 25.6 Å². The molecule has 2 heterocycles. The van der Waals surface area contributed by atoms with E-state index in [4.69, 9.17) is 4.74 Å². The van der Waals surface area contributed by atoms with Crippen molar-refractivity contribution in [2.24, 2.45) is 11.8 Å². The molecular formula is C21H31N3O3. The molecule has 2 aliphatic heterocycles. The van der Waals surface area contributed by atoms with E-state index in [0.717, 1.165) is 31.7 Å². The van der Waals surface area contributed by atoms with Crippen LogP contribution in [0.25, 0.3) is 0 Å². The minimum Gasteiger partial charge on any atom is -0.487 e. The minimum absolute atomic E-state index is 0.0141. The largest absolute Gasteiger partial charge is 0.487 e. The molecule has 0 bridgehead atoms. The fourth-order valence-corrected chi connectivity index (χ4v) is 3.63. The van der Waals surface area contributed by atoms with Crippen LogP contribution in [0.4, 0.5) is 4.79 Å². The Morgan fingerprint density at radius 3 is 2.52 bits per heavy atom. The number of likely N-dealkylation sites (tertiary alicyclic amines) is 2. The van der Waals surface area contributed by atoms with Crippen molar-refractivity contribution in [1.29, 1.82) is 0 Å². The summed E-state index contributed by atoms with van der Waals surface area (Å²) in [7, 11) is 0. The molecule has 0 spiro atoms. The molecule has 6 nitrogen and oxygen atoms in total. The van der Waals surface area contributed by atoms with Crippen molar-refractivity contribution in [2.45, 2.75) is 39.7 Å². The Balaban J connectivity index is 1.33. The molecule has 27 heavy (non-hydrogen) atoms. The summed E-state index contributed by atoms with van der Waals surface area (Å²) >= 11 is 0. The predicted molar refractivity (Wildman–Crippen MR) is 105 cm³/mol. The predicted octanol–water partition coefficient (Wildman–Crippen LogP) is 2.66. The first-order valence-electron chi connectivity index (χ1n) is 9.97. The summed E-state index contributed by atoms with van der Waals surface area (Å²) in [5, 5.41) is 3.04. The molecule has 148 valence electrons. The van der Waals surface area contributed by atoms with Gasteiger partial charge in [-0.3, -0.25) is 4.79 Å². The second-order valence-corrected chi connectivity index (χ2v) is 8.07. The molecular weight excluding hydrogens is 342 g/mol. The number of nitrogens with zero attached hydrogens (tertiary/aromatic N) is 2. The van der Waals surface area contributed by atoms with Gasteiger partial charge in [-0.05, 0) is 43.4 Å². The number of piperidine rings is 1. The van der Waals surface area contributed by atoms with Crippen LogP contribution in [0.1, 0.15) is 32.3 Å². The van der Waals surface area contributed by atoms with Crippen LogP contribution in [-0.2, 0) is 4.79 Å². The second-order valence-electron chi connectivity index (χ2n) is 8.07. The smallest absolute Gasteiger partial charge is 0.317 e. The Morgan fingerprint density at radius 2 is 1.89 bits per heavy atom. The molecule has 1 N–H and O–H groups in total. The van der Waals surface area contributed by atoms with Crippen LogP contribution in [0.5, 0.6) is 5.75 Å². The first kappa shape index (κ1) is 19.5. The zero-order chi connectivity index (χ0) is 19.4. The van der Waals surface area contributed by atoms with Crippen molar-refractivity contribution in [2.75, 3.05) is 32.7 Å². The summed E-state index contributed by atoms with van der Waals surface area (Å²) in [6, 6.07) is 7.97. The lowest BCUT2D eigenvalue weighted by atomic mass is 9.96. The molecule has 0 saturated carbocycles. The average molecular weight is 373 g/mol. The number of carbonyl (C=O) groups is 2. The van der Waals surface area contributed by atoms with Gasteiger partial charge in [-0.2, -0.15) is 0 Å². The van der Waals surface area contributed by atoms with Crippen molar-refractivity contribution in [1.82, 2.24) is 15.1 Å². The van der Waals surface area contributed by atoms with E-state index < -0.39 is 0 Å². The monoisotopic (exact) mass is 373 g/mol. The SMILES string of the molecule is Cc1cccc(OC2CN(C(=O)NCC3CCN(C(=O)C(C)C)CC3)C2)c1. The zero-order valence-electron chi connectivity index (χ0n) is 16.6. The Labute approximate surface area is 161 Å². The molecule has 0 radical (unpaired) electrons. The van der Waals surface area contributed by atoms with E-state index in [1.54, 1.807) is 4.90 Å². The molecule has 1 aromatic rings. The van der Waals surface area contributed by atoms with Gasteiger partial charge in [0.05, 0.1) is 13.1 Å². The van der Waals surface area contributed by atoms with Crippen LogP contribution in [-0.4, -0.2) is 60.6 Å². The maximum atomic E-state index is 12.3. The molecule has 2 saturated heterocycles. The highest BCUT2D eigenvalue weighted by Gasteiger charge is 2.33. The van der Waals surface area contributed by atoms with E-state index >= 15 is 0 Å². The lowest BCUT2D eigenvalue weighted by Crippen LogP contribution is -2.59. The summed E-state index contributed by atoms with van der Waals surface area (Å²) < 4.78 is 5.90. The normalized spacial score (nSPS) is 18.4. The van der Waals surface area contributed by atoms with Crippen molar-refractivity contribution >= 4 is 11.9 Å². The van der Waals surface area contributed by atoms with E-state index in [1.807, 2.05) is 49.9 Å². The number of rotatable bonds is 5. The molecule has 0 atom stereocenters. The third kappa shape index (κ3) is 5.15. The number of aryl methyl sites for hydroxylation is 1. The maximum absolute atomic E-state index is 12.3. The van der Waals surface area contributed by atoms with Crippen molar-refractivity contribution in [3.63, 3.8) is 0 Å². The van der Waals surface area contributed by atoms with Crippen LogP contribution in [0, 0.1) is 18.8 Å². The number of nitrogens with one attached hydrogen (secondary N) is 1. The second kappa shape index (κ2) is 8.63. The van der Waals surface area contributed by atoms with Crippen molar-refractivity contribution in [3.8, 4) is 5.75 Å².